The van der Waals surface area contributed by atoms with Gasteiger partial charge >= 0.3 is 0 Å². The lowest BCUT2D eigenvalue weighted by molar-refractivity contribution is -0.140. The summed E-state index contributed by atoms with van der Waals surface area (Å²) in [5, 5.41) is 4.61. The van der Waals surface area contributed by atoms with Crippen molar-refractivity contribution in [3.63, 3.8) is 0 Å². The molecule has 1 aliphatic rings. The van der Waals surface area contributed by atoms with Crippen molar-refractivity contribution < 1.29 is 14.3 Å². The number of hydrogen-bond donors (Lipinski definition) is 1. The second-order valence-electron chi connectivity index (χ2n) is 5.73. The molecule has 1 saturated heterocycles. The summed E-state index contributed by atoms with van der Waals surface area (Å²) in [4.78, 5) is 27.1. The standard InChI is InChI=1S/C18H20N2O3S/c1-13(19-17(21)16-8-5-11-24-16)18(22)20-9-10-23-15(12-20)14-6-3-2-4-7-14/h2-8,11,13,15H,9-10,12H2,1H3,(H,19,21). The number of morpholine rings is 1. The Morgan fingerprint density at radius 3 is 2.75 bits per heavy atom. The molecular weight excluding hydrogens is 324 g/mol. The monoisotopic (exact) mass is 344 g/mol. The second kappa shape index (κ2) is 7.59. The number of amides is 2. The number of carbonyl (C=O) groups is 2. The van der Waals surface area contributed by atoms with Gasteiger partial charge in [-0.3, -0.25) is 9.59 Å². The van der Waals surface area contributed by atoms with Gasteiger partial charge in [0.25, 0.3) is 5.91 Å². The van der Waals surface area contributed by atoms with Crippen LogP contribution in [0, 0.1) is 0 Å². The molecule has 24 heavy (non-hydrogen) atoms. The van der Waals surface area contributed by atoms with Crippen molar-refractivity contribution in [1.29, 1.82) is 0 Å². The molecular formula is C18H20N2O3S. The van der Waals surface area contributed by atoms with Crippen LogP contribution in [0.1, 0.15) is 28.3 Å². The van der Waals surface area contributed by atoms with Gasteiger partial charge in [0.05, 0.1) is 18.0 Å². The predicted molar refractivity (Wildman–Crippen MR) is 93.0 cm³/mol. The molecule has 0 bridgehead atoms. The Kier molecular flexibility index (Phi) is 5.27. The van der Waals surface area contributed by atoms with Crippen molar-refractivity contribution in [1.82, 2.24) is 10.2 Å². The van der Waals surface area contributed by atoms with Crippen molar-refractivity contribution in [3.8, 4) is 0 Å². The van der Waals surface area contributed by atoms with Crippen molar-refractivity contribution in [2.75, 3.05) is 19.7 Å². The summed E-state index contributed by atoms with van der Waals surface area (Å²) in [6, 6.07) is 12.9. The molecule has 1 fully saturated rings. The summed E-state index contributed by atoms with van der Waals surface area (Å²) in [7, 11) is 0. The number of benzene rings is 1. The van der Waals surface area contributed by atoms with Crippen LogP contribution in [0.5, 0.6) is 0 Å². The zero-order chi connectivity index (χ0) is 16.9. The van der Waals surface area contributed by atoms with Gasteiger partial charge in [-0.1, -0.05) is 36.4 Å². The summed E-state index contributed by atoms with van der Waals surface area (Å²) >= 11 is 1.36. The first-order chi connectivity index (χ1) is 11.6. The second-order valence-corrected chi connectivity index (χ2v) is 6.67. The van der Waals surface area contributed by atoms with E-state index in [1.165, 1.54) is 11.3 Å². The molecule has 0 saturated carbocycles. The van der Waals surface area contributed by atoms with Crippen molar-refractivity contribution in [2.45, 2.75) is 19.1 Å². The minimum Gasteiger partial charge on any atom is -0.370 e. The number of hydrogen-bond acceptors (Lipinski definition) is 4. The molecule has 126 valence electrons. The van der Waals surface area contributed by atoms with E-state index in [0.29, 0.717) is 24.6 Å². The summed E-state index contributed by atoms with van der Waals surface area (Å²) in [5.41, 5.74) is 1.06. The number of nitrogens with zero attached hydrogens (tertiary/aromatic N) is 1. The summed E-state index contributed by atoms with van der Waals surface area (Å²) < 4.78 is 5.78. The van der Waals surface area contributed by atoms with E-state index in [9.17, 15) is 9.59 Å². The van der Waals surface area contributed by atoms with Crippen LogP contribution in [-0.4, -0.2) is 42.5 Å². The van der Waals surface area contributed by atoms with Gasteiger partial charge in [0, 0.05) is 6.54 Å². The maximum Gasteiger partial charge on any atom is 0.261 e. The molecule has 2 aromatic rings. The first-order valence-electron chi connectivity index (χ1n) is 7.95. The lowest BCUT2D eigenvalue weighted by Gasteiger charge is -2.34. The number of carbonyl (C=O) groups excluding carboxylic acids is 2. The SMILES string of the molecule is CC(NC(=O)c1cccs1)C(=O)N1CCOC(c2ccccc2)C1. The molecule has 1 aromatic heterocycles. The molecule has 1 aliphatic heterocycles. The average molecular weight is 344 g/mol. The fraction of sp³-hybridized carbons (Fsp3) is 0.333. The summed E-state index contributed by atoms with van der Waals surface area (Å²) in [6.07, 6.45) is -0.121. The molecule has 6 heteroatoms. The molecule has 0 radical (unpaired) electrons. The highest BCUT2D eigenvalue weighted by atomic mass is 32.1. The van der Waals surface area contributed by atoms with E-state index in [2.05, 4.69) is 5.32 Å². The third-order valence-corrected chi connectivity index (χ3v) is 4.88. The normalized spacial score (nSPS) is 18.9. The van der Waals surface area contributed by atoms with Gasteiger partial charge in [-0.25, -0.2) is 0 Å². The van der Waals surface area contributed by atoms with E-state index < -0.39 is 6.04 Å². The zero-order valence-corrected chi connectivity index (χ0v) is 14.3. The van der Waals surface area contributed by atoms with Crippen LogP contribution >= 0.6 is 11.3 Å². The van der Waals surface area contributed by atoms with Gasteiger partial charge in [0.15, 0.2) is 0 Å². The quantitative estimate of drug-likeness (QED) is 0.927. The molecule has 1 aromatic carbocycles. The summed E-state index contributed by atoms with van der Waals surface area (Å²) in [5.74, 6) is -0.289. The molecule has 2 atom stereocenters. The van der Waals surface area contributed by atoms with E-state index in [0.717, 1.165) is 5.56 Å². The van der Waals surface area contributed by atoms with Gasteiger partial charge in [0.2, 0.25) is 5.91 Å². The van der Waals surface area contributed by atoms with Gasteiger partial charge in [-0.05, 0) is 23.9 Å². The smallest absolute Gasteiger partial charge is 0.261 e. The van der Waals surface area contributed by atoms with Gasteiger partial charge in [-0.15, -0.1) is 11.3 Å². The molecule has 2 amide bonds. The third-order valence-electron chi connectivity index (χ3n) is 4.01. The van der Waals surface area contributed by atoms with E-state index in [-0.39, 0.29) is 17.9 Å². The van der Waals surface area contributed by atoms with Crippen LogP contribution in [0.4, 0.5) is 0 Å². The predicted octanol–water partition coefficient (Wildman–Crippen LogP) is 2.47. The molecule has 2 unspecified atom stereocenters. The maximum absolute atomic E-state index is 12.6. The molecule has 0 aliphatic carbocycles. The Morgan fingerprint density at radius 1 is 1.25 bits per heavy atom. The molecule has 1 N–H and O–H groups in total. The first-order valence-corrected chi connectivity index (χ1v) is 8.83. The first kappa shape index (κ1) is 16.7. The highest BCUT2D eigenvalue weighted by Crippen LogP contribution is 2.22. The number of nitrogens with one attached hydrogen (secondary N) is 1. The third kappa shape index (κ3) is 3.83. The molecule has 0 spiro atoms. The van der Waals surface area contributed by atoms with Gasteiger partial charge in [0.1, 0.15) is 12.1 Å². The van der Waals surface area contributed by atoms with Crippen LogP contribution in [-0.2, 0) is 9.53 Å². The van der Waals surface area contributed by atoms with E-state index >= 15 is 0 Å². The highest BCUT2D eigenvalue weighted by molar-refractivity contribution is 7.12. The Balaban J connectivity index is 1.60. The van der Waals surface area contributed by atoms with Crippen molar-refractivity contribution in [2.24, 2.45) is 0 Å². The maximum atomic E-state index is 12.6. The minimum absolute atomic E-state index is 0.0795. The average Bonchev–Trinajstić information content (AvgIpc) is 3.17. The van der Waals surface area contributed by atoms with Crippen molar-refractivity contribution in [3.05, 3.63) is 58.3 Å². The topological polar surface area (TPSA) is 58.6 Å². The van der Waals surface area contributed by atoms with E-state index in [4.69, 9.17) is 4.74 Å². The largest absolute Gasteiger partial charge is 0.370 e. The lowest BCUT2D eigenvalue weighted by atomic mass is 10.1. The highest BCUT2D eigenvalue weighted by Gasteiger charge is 2.29. The zero-order valence-electron chi connectivity index (χ0n) is 13.5. The summed E-state index contributed by atoms with van der Waals surface area (Å²) in [6.45, 7) is 3.27. The van der Waals surface area contributed by atoms with E-state index in [1.807, 2.05) is 41.8 Å². The Labute approximate surface area is 145 Å². The van der Waals surface area contributed by atoms with Gasteiger partial charge in [-0.2, -0.15) is 0 Å². The van der Waals surface area contributed by atoms with Crippen LogP contribution in [0.3, 0.4) is 0 Å². The van der Waals surface area contributed by atoms with Crippen LogP contribution in [0.25, 0.3) is 0 Å². The van der Waals surface area contributed by atoms with Crippen LogP contribution < -0.4 is 5.32 Å². The molecule has 2 heterocycles. The Morgan fingerprint density at radius 2 is 2.04 bits per heavy atom. The fourth-order valence-electron chi connectivity index (χ4n) is 2.73. The van der Waals surface area contributed by atoms with Crippen LogP contribution in [0.2, 0.25) is 0 Å². The Hall–Kier alpha value is -2.18. The fourth-order valence-corrected chi connectivity index (χ4v) is 3.36. The van der Waals surface area contributed by atoms with E-state index in [1.54, 1.807) is 17.9 Å². The van der Waals surface area contributed by atoms with Crippen molar-refractivity contribution >= 4 is 23.2 Å². The van der Waals surface area contributed by atoms with Crippen LogP contribution in [0.15, 0.2) is 47.8 Å². The Bertz CT molecular complexity index is 688. The minimum atomic E-state index is -0.561. The number of rotatable bonds is 4. The van der Waals surface area contributed by atoms with Gasteiger partial charge < -0.3 is 15.0 Å². The molecule has 5 nitrogen and oxygen atoms in total. The lowest BCUT2D eigenvalue weighted by Crippen LogP contribution is -2.51. The number of thiophene rings is 1. The molecule has 3 rings (SSSR count). The number of ether oxygens (including phenoxy) is 1.